The van der Waals surface area contributed by atoms with Crippen molar-refractivity contribution in [3.05, 3.63) is 78.1 Å². The molecule has 2 N–H and O–H groups in total. The topological polar surface area (TPSA) is 94.0 Å². The zero-order valence-corrected chi connectivity index (χ0v) is 16.6. The van der Waals surface area contributed by atoms with Gasteiger partial charge in [0.2, 0.25) is 0 Å². The lowest BCUT2D eigenvalue weighted by molar-refractivity contribution is -0.159. The van der Waals surface area contributed by atoms with Crippen molar-refractivity contribution < 1.29 is 19.8 Å². The Kier molecular flexibility index (Phi) is 7.48. The van der Waals surface area contributed by atoms with Gasteiger partial charge >= 0.3 is 11.9 Å². The Bertz CT molecular complexity index is 969. The highest BCUT2D eigenvalue weighted by Gasteiger charge is 2.18. The molecule has 1 fully saturated rings. The van der Waals surface area contributed by atoms with Crippen LogP contribution in [0.25, 0.3) is 10.8 Å². The standard InChI is InChI=1S/C21H23N3.C2H2O4/c1-2-10-21-18(6-1)7-5-8-19(21)16-23-12-14-24(15-13-23)17-20-9-3-4-11-22-20;3-1(4)2(5)6/h1-11H,12-17H2;(H,3,4)(H,5,6). The van der Waals surface area contributed by atoms with Crippen LogP contribution in [0.4, 0.5) is 0 Å². The SMILES string of the molecule is O=C(O)C(=O)O.c1ccc(CN2CCN(Cc3cccc4ccccc34)CC2)nc1. The van der Waals surface area contributed by atoms with Crippen LogP contribution in [0.1, 0.15) is 11.3 Å². The number of hydrogen-bond donors (Lipinski definition) is 2. The first-order valence-electron chi connectivity index (χ1n) is 9.80. The number of fused-ring (bicyclic) bond motifs is 1. The number of carbonyl (C=O) groups is 2. The maximum atomic E-state index is 9.10. The van der Waals surface area contributed by atoms with Crippen LogP contribution in [-0.2, 0) is 22.7 Å². The lowest BCUT2D eigenvalue weighted by Gasteiger charge is -2.34. The van der Waals surface area contributed by atoms with Crippen molar-refractivity contribution in [1.29, 1.82) is 0 Å². The van der Waals surface area contributed by atoms with Crippen molar-refractivity contribution in [2.75, 3.05) is 26.2 Å². The monoisotopic (exact) mass is 407 g/mol. The minimum Gasteiger partial charge on any atom is -0.473 e. The maximum absolute atomic E-state index is 9.10. The van der Waals surface area contributed by atoms with Crippen LogP contribution in [0.2, 0.25) is 0 Å². The number of rotatable bonds is 4. The van der Waals surface area contributed by atoms with Gasteiger partial charge in [-0.05, 0) is 28.5 Å². The van der Waals surface area contributed by atoms with Gasteiger partial charge in [0.25, 0.3) is 0 Å². The molecule has 7 heteroatoms. The summed E-state index contributed by atoms with van der Waals surface area (Å²) in [6, 6.07) is 21.5. The van der Waals surface area contributed by atoms with E-state index in [9.17, 15) is 0 Å². The quantitative estimate of drug-likeness (QED) is 0.642. The first kappa shape index (κ1) is 21.4. The molecule has 4 rings (SSSR count). The van der Waals surface area contributed by atoms with E-state index in [2.05, 4.69) is 69.4 Å². The number of aliphatic carboxylic acids is 2. The van der Waals surface area contributed by atoms with Gasteiger partial charge in [-0.1, -0.05) is 48.5 Å². The summed E-state index contributed by atoms with van der Waals surface area (Å²) in [4.78, 5) is 27.7. The van der Waals surface area contributed by atoms with Gasteiger partial charge in [-0.25, -0.2) is 9.59 Å². The molecule has 0 atom stereocenters. The molecule has 1 aromatic heterocycles. The van der Waals surface area contributed by atoms with Gasteiger partial charge in [0.15, 0.2) is 0 Å². The van der Waals surface area contributed by atoms with E-state index in [1.54, 1.807) is 0 Å². The van der Waals surface area contributed by atoms with Crippen LogP contribution >= 0.6 is 0 Å². The van der Waals surface area contributed by atoms with Gasteiger partial charge in [0.1, 0.15) is 0 Å². The molecule has 0 bridgehead atoms. The lowest BCUT2D eigenvalue weighted by atomic mass is 10.0. The van der Waals surface area contributed by atoms with Gasteiger partial charge in [-0.3, -0.25) is 14.8 Å². The molecular weight excluding hydrogens is 382 g/mol. The molecular formula is C23H25N3O4. The summed E-state index contributed by atoms with van der Waals surface area (Å²) in [5.74, 6) is -3.65. The molecule has 1 saturated heterocycles. The number of pyridine rings is 1. The summed E-state index contributed by atoms with van der Waals surface area (Å²) in [5, 5.41) is 17.5. The van der Waals surface area contributed by atoms with Gasteiger partial charge in [-0.15, -0.1) is 0 Å². The van der Waals surface area contributed by atoms with E-state index in [-0.39, 0.29) is 0 Å². The average molecular weight is 407 g/mol. The average Bonchev–Trinajstić information content (AvgIpc) is 2.76. The minimum atomic E-state index is -1.82. The Balaban J connectivity index is 0.000000377. The van der Waals surface area contributed by atoms with Crippen molar-refractivity contribution >= 4 is 22.7 Å². The van der Waals surface area contributed by atoms with Crippen LogP contribution < -0.4 is 0 Å². The number of carboxylic acids is 2. The molecule has 0 saturated carbocycles. The van der Waals surface area contributed by atoms with Gasteiger partial charge in [-0.2, -0.15) is 0 Å². The molecule has 2 aromatic carbocycles. The molecule has 1 aliphatic heterocycles. The summed E-state index contributed by atoms with van der Waals surface area (Å²) >= 11 is 0. The van der Waals surface area contributed by atoms with Crippen molar-refractivity contribution in [2.45, 2.75) is 13.1 Å². The fourth-order valence-electron chi connectivity index (χ4n) is 3.50. The Morgan fingerprint density at radius 1 is 0.767 bits per heavy atom. The Morgan fingerprint density at radius 2 is 1.37 bits per heavy atom. The third-order valence-electron chi connectivity index (χ3n) is 5.03. The summed E-state index contributed by atoms with van der Waals surface area (Å²) in [6.07, 6.45) is 1.88. The van der Waals surface area contributed by atoms with Crippen LogP contribution in [0.5, 0.6) is 0 Å². The zero-order chi connectivity index (χ0) is 21.3. The van der Waals surface area contributed by atoms with Gasteiger partial charge in [0.05, 0.1) is 5.69 Å². The summed E-state index contributed by atoms with van der Waals surface area (Å²) < 4.78 is 0. The first-order chi connectivity index (χ1) is 14.5. The van der Waals surface area contributed by atoms with Crippen LogP contribution in [0.3, 0.4) is 0 Å². The largest absolute Gasteiger partial charge is 0.473 e. The third kappa shape index (κ3) is 6.10. The highest BCUT2D eigenvalue weighted by atomic mass is 16.4. The summed E-state index contributed by atoms with van der Waals surface area (Å²) in [6.45, 7) is 6.47. The molecule has 1 aliphatic rings. The number of benzene rings is 2. The molecule has 2 heterocycles. The number of aromatic nitrogens is 1. The summed E-state index contributed by atoms with van der Waals surface area (Å²) in [5.41, 5.74) is 2.60. The van der Waals surface area contributed by atoms with E-state index in [1.165, 1.54) is 22.0 Å². The smallest absolute Gasteiger partial charge is 0.414 e. The van der Waals surface area contributed by atoms with Gasteiger partial charge < -0.3 is 10.2 Å². The van der Waals surface area contributed by atoms with E-state index in [0.29, 0.717) is 0 Å². The Labute approximate surface area is 175 Å². The second-order valence-corrected chi connectivity index (χ2v) is 7.12. The third-order valence-corrected chi connectivity index (χ3v) is 5.03. The fourth-order valence-corrected chi connectivity index (χ4v) is 3.50. The molecule has 3 aromatic rings. The van der Waals surface area contributed by atoms with Crippen molar-refractivity contribution in [1.82, 2.24) is 14.8 Å². The molecule has 30 heavy (non-hydrogen) atoms. The molecule has 0 unspecified atom stereocenters. The number of carboxylic acid groups (broad SMARTS) is 2. The highest BCUT2D eigenvalue weighted by molar-refractivity contribution is 6.27. The van der Waals surface area contributed by atoms with E-state index < -0.39 is 11.9 Å². The Hall–Kier alpha value is -3.29. The van der Waals surface area contributed by atoms with Crippen LogP contribution in [-0.4, -0.2) is 63.1 Å². The number of hydrogen-bond acceptors (Lipinski definition) is 5. The maximum Gasteiger partial charge on any atom is 0.414 e. The van der Waals surface area contributed by atoms with Crippen molar-refractivity contribution in [2.24, 2.45) is 0 Å². The normalized spacial score (nSPS) is 14.7. The van der Waals surface area contributed by atoms with Crippen molar-refractivity contribution in [3.63, 3.8) is 0 Å². The predicted molar refractivity (Wildman–Crippen MR) is 114 cm³/mol. The van der Waals surface area contributed by atoms with E-state index >= 15 is 0 Å². The molecule has 156 valence electrons. The molecule has 0 spiro atoms. The predicted octanol–water partition coefficient (Wildman–Crippen LogP) is 2.71. The van der Waals surface area contributed by atoms with Crippen molar-refractivity contribution in [3.8, 4) is 0 Å². The number of nitrogens with zero attached hydrogens (tertiary/aromatic N) is 3. The molecule has 7 nitrogen and oxygen atoms in total. The Morgan fingerprint density at radius 3 is 2.00 bits per heavy atom. The van der Waals surface area contributed by atoms with E-state index in [1.807, 2.05) is 12.3 Å². The lowest BCUT2D eigenvalue weighted by Crippen LogP contribution is -2.45. The van der Waals surface area contributed by atoms with Gasteiger partial charge in [0, 0.05) is 45.5 Å². The zero-order valence-electron chi connectivity index (χ0n) is 16.6. The second-order valence-electron chi connectivity index (χ2n) is 7.12. The first-order valence-corrected chi connectivity index (χ1v) is 9.80. The minimum absolute atomic E-state index is 0.961. The van der Waals surface area contributed by atoms with Crippen LogP contribution in [0, 0.1) is 0 Å². The van der Waals surface area contributed by atoms with Crippen LogP contribution in [0.15, 0.2) is 66.9 Å². The highest BCUT2D eigenvalue weighted by Crippen LogP contribution is 2.20. The molecule has 0 radical (unpaired) electrons. The second kappa shape index (κ2) is 10.5. The van der Waals surface area contributed by atoms with E-state index in [0.717, 1.165) is 39.3 Å². The molecule has 0 amide bonds. The number of piperazine rings is 1. The van der Waals surface area contributed by atoms with E-state index in [4.69, 9.17) is 19.8 Å². The molecule has 0 aliphatic carbocycles. The fraction of sp³-hybridized carbons (Fsp3) is 0.261. The summed E-state index contributed by atoms with van der Waals surface area (Å²) in [7, 11) is 0.